The number of benzene rings is 1. The molecule has 1 N–H and O–H groups in total. The molecular formula is C14H16F3NO3. The average Bonchev–Trinajstić information content (AvgIpc) is 2.71. The van der Waals surface area contributed by atoms with E-state index in [1.807, 2.05) is 6.92 Å². The molecule has 0 amide bonds. The van der Waals surface area contributed by atoms with Gasteiger partial charge in [-0.2, -0.15) is 13.2 Å². The van der Waals surface area contributed by atoms with Crippen molar-refractivity contribution in [2.24, 2.45) is 0 Å². The monoisotopic (exact) mass is 303 g/mol. The molecule has 0 spiro atoms. The summed E-state index contributed by atoms with van der Waals surface area (Å²) in [5.74, 6) is -0.506. The lowest BCUT2D eigenvalue weighted by atomic mass is 10.0. The first-order chi connectivity index (χ1) is 9.81. The molecule has 0 fully saturated rings. The quantitative estimate of drug-likeness (QED) is 0.921. The van der Waals surface area contributed by atoms with Crippen molar-refractivity contribution in [3.05, 3.63) is 34.3 Å². The van der Waals surface area contributed by atoms with Gasteiger partial charge in [0.1, 0.15) is 0 Å². The van der Waals surface area contributed by atoms with Gasteiger partial charge in [0.25, 0.3) is 0 Å². The molecule has 1 atom stereocenters. The Labute approximate surface area is 118 Å². The number of rotatable bonds is 5. The van der Waals surface area contributed by atoms with Crippen molar-refractivity contribution < 1.29 is 22.7 Å². The molecule has 0 aliphatic heterocycles. The molecule has 2 rings (SSSR count). The smallest absolute Gasteiger partial charge is 0.408 e. The molecule has 0 saturated heterocycles. The van der Waals surface area contributed by atoms with Crippen molar-refractivity contribution in [3.8, 4) is 0 Å². The Morgan fingerprint density at radius 3 is 2.71 bits per heavy atom. The lowest BCUT2D eigenvalue weighted by Crippen LogP contribution is -2.13. The largest absolute Gasteiger partial charge is 0.419 e. The molecule has 1 aromatic carbocycles. The van der Waals surface area contributed by atoms with Gasteiger partial charge in [-0.25, -0.2) is 4.79 Å². The highest BCUT2D eigenvalue weighted by molar-refractivity contribution is 5.73. The Kier molecular flexibility index (Phi) is 4.41. The van der Waals surface area contributed by atoms with Gasteiger partial charge in [0.15, 0.2) is 5.58 Å². The van der Waals surface area contributed by atoms with Crippen LogP contribution in [0.15, 0.2) is 27.4 Å². The van der Waals surface area contributed by atoms with Crippen LogP contribution in [-0.4, -0.2) is 15.8 Å². The molecule has 0 aliphatic carbocycles. The Bertz CT molecular complexity index is 672. The maximum absolute atomic E-state index is 12.2. The number of hydrogen-bond donors (Lipinski definition) is 1. The molecule has 0 aliphatic rings. The minimum absolute atomic E-state index is 0.275. The van der Waals surface area contributed by atoms with Gasteiger partial charge >= 0.3 is 11.9 Å². The third-order valence-electron chi connectivity index (χ3n) is 3.23. The maximum atomic E-state index is 12.2. The second-order valence-electron chi connectivity index (χ2n) is 4.92. The number of oxazole rings is 1. The first kappa shape index (κ1) is 15.6. The van der Waals surface area contributed by atoms with Gasteiger partial charge in [-0.15, -0.1) is 0 Å². The first-order valence-electron chi connectivity index (χ1n) is 6.70. The van der Waals surface area contributed by atoms with Crippen molar-refractivity contribution in [2.75, 3.05) is 0 Å². The van der Waals surface area contributed by atoms with E-state index in [9.17, 15) is 23.1 Å². The number of aryl methyl sites for hydroxylation is 1. The molecule has 21 heavy (non-hydrogen) atoms. The topological polar surface area (TPSA) is 55.4 Å². The van der Waals surface area contributed by atoms with Crippen LogP contribution in [0.25, 0.3) is 11.1 Å². The SMILES string of the molecule is CCCn1c(=O)oc2cc(C(O)CCC(F)(F)F)ccc21. The number of alkyl halides is 3. The van der Waals surface area contributed by atoms with Crippen molar-refractivity contribution in [1.29, 1.82) is 0 Å². The maximum Gasteiger partial charge on any atom is 0.419 e. The standard InChI is InChI=1S/C14H16F3NO3/c1-2-7-18-10-4-3-9(8-12(10)21-13(18)20)11(19)5-6-14(15,16)17/h3-4,8,11,19H,2,5-7H2,1H3. The van der Waals surface area contributed by atoms with Crippen LogP contribution >= 0.6 is 0 Å². The molecular weight excluding hydrogens is 287 g/mol. The van der Waals surface area contributed by atoms with Crippen LogP contribution in [0.4, 0.5) is 13.2 Å². The fraction of sp³-hybridized carbons (Fsp3) is 0.500. The fourth-order valence-electron chi connectivity index (χ4n) is 2.19. The summed E-state index contributed by atoms with van der Waals surface area (Å²) < 4.78 is 43.0. The molecule has 1 aromatic heterocycles. The highest BCUT2D eigenvalue weighted by atomic mass is 19.4. The van der Waals surface area contributed by atoms with Crippen molar-refractivity contribution in [2.45, 2.75) is 45.0 Å². The zero-order chi connectivity index (χ0) is 15.6. The summed E-state index contributed by atoms with van der Waals surface area (Å²) in [6, 6.07) is 4.52. The van der Waals surface area contributed by atoms with Crippen LogP contribution in [-0.2, 0) is 6.54 Å². The molecule has 1 unspecified atom stereocenters. The molecule has 0 saturated carbocycles. The van der Waals surface area contributed by atoms with Gasteiger partial charge < -0.3 is 9.52 Å². The van der Waals surface area contributed by atoms with Gasteiger partial charge in [-0.05, 0) is 30.5 Å². The van der Waals surface area contributed by atoms with E-state index < -0.39 is 30.9 Å². The number of nitrogens with zero attached hydrogens (tertiary/aromatic N) is 1. The first-order valence-corrected chi connectivity index (χ1v) is 6.70. The molecule has 1 heterocycles. The Balaban J connectivity index is 2.25. The van der Waals surface area contributed by atoms with Crippen LogP contribution in [0, 0.1) is 0 Å². The predicted octanol–water partition coefficient (Wildman–Crippen LogP) is 3.38. The van der Waals surface area contributed by atoms with Crippen LogP contribution in [0.2, 0.25) is 0 Å². The zero-order valence-corrected chi connectivity index (χ0v) is 11.5. The van der Waals surface area contributed by atoms with Gasteiger partial charge in [0.2, 0.25) is 0 Å². The summed E-state index contributed by atoms with van der Waals surface area (Å²) in [7, 11) is 0. The summed E-state index contributed by atoms with van der Waals surface area (Å²) in [6.07, 6.45) is -6.27. The summed E-state index contributed by atoms with van der Waals surface area (Å²) in [5, 5.41) is 9.80. The van der Waals surface area contributed by atoms with E-state index in [4.69, 9.17) is 4.42 Å². The fourth-order valence-corrected chi connectivity index (χ4v) is 2.19. The number of aromatic nitrogens is 1. The minimum Gasteiger partial charge on any atom is -0.408 e. The van der Waals surface area contributed by atoms with E-state index >= 15 is 0 Å². The van der Waals surface area contributed by atoms with E-state index in [-0.39, 0.29) is 5.58 Å². The highest BCUT2D eigenvalue weighted by Crippen LogP contribution is 2.28. The number of fused-ring (bicyclic) bond motifs is 1. The number of halogens is 3. The minimum atomic E-state index is -4.30. The van der Waals surface area contributed by atoms with E-state index in [2.05, 4.69) is 0 Å². The van der Waals surface area contributed by atoms with Crippen molar-refractivity contribution in [3.63, 3.8) is 0 Å². The summed E-state index contributed by atoms with van der Waals surface area (Å²) in [6.45, 7) is 2.42. The highest BCUT2D eigenvalue weighted by Gasteiger charge is 2.28. The van der Waals surface area contributed by atoms with Gasteiger partial charge in [-0.1, -0.05) is 13.0 Å². The van der Waals surface area contributed by atoms with Gasteiger partial charge in [0.05, 0.1) is 11.6 Å². The molecule has 4 nitrogen and oxygen atoms in total. The number of aliphatic hydroxyl groups excluding tert-OH is 1. The lowest BCUT2D eigenvalue weighted by molar-refractivity contribution is -0.140. The number of aliphatic hydroxyl groups is 1. The van der Waals surface area contributed by atoms with Crippen LogP contribution in [0.1, 0.15) is 37.9 Å². The molecule has 7 heteroatoms. The van der Waals surface area contributed by atoms with Crippen LogP contribution < -0.4 is 5.76 Å². The number of hydrogen-bond acceptors (Lipinski definition) is 3. The van der Waals surface area contributed by atoms with Crippen molar-refractivity contribution >= 4 is 11.1 Å². The summed E-state index contributed by atoms with van der Waals surface area (Å²) in [5.41, 5.74) is 1.16. The normalized spacial score (nSPS) is 13.8. The van der Waals surface area contributed by atoms with E-state index in [0.717, 1.165) is 6.42 Å². The van der Waals surface area contributed by atoms with Crippen molar-refractivity contribution in [1.82, 2.24) is 4.57 Å². The van der Waals surface area contributed by atoms with E-state index in [1.165, 1.54) is 16.7 Å². The van der Waals surface area contributed by atoms with Crippen LogP contribution in [0.3, 0.4) is 0 Å². The molecule has 0 bridgehead atoms. The zero-order valence-electron chi connectivity index (χ0n) is 11.5. The van der Waals surface area contributed by atoms with E-state index in [1.54, 1.807) is 6.07 Å². The molecule has 0 radical (unpaired) electrons. The third-order valence-corrected chi connectivity index (χ3v) is 3.23. The summed E-state index contributed by atoms with van der Waals surface area (Å²) in [4.78, 5) is 11.7. The Morgan fingerprint density at radius 1 is 1.38 bits per heavy atom. The Morgan fingerprint density at radius 2 is 2.10 bits per heavy atom. The van der Waals surface area contributed by atoms with Crippen LogP contribution in [0.5, 0.6) is 0 Å². The second kappa shape index (κ2) is 5.93. The van der Waals surface area contributed by atoms with Gasteiger partial charge in [0, 0.05) is 13.0 Å². The van der Waals surface area contributed by atoms with E-state index in [0.29, 0.717) is 17.6 Å². The predicted molar refractivity (Wildman–Crippen MR) is 71.0 cm³/mol. The molecule has 2 aromatic rings. The second-order valence-corrected chi connectivity index (χ2v) is 4.92. The lowest BCUT2D eigenvalue weighted by Gasteiger charge is -2.12. The molecule has 116 valence electrons. The Hall–Kier alpha value is -1.76. The summed E-state index contributed by atoms with van der Waals surface area (Å²) >= 11 is 0. The van der Waals surface area contributed by atoms with Gasteiger partial charge in [-0.3, -0.25) is 4.57 Å². The third kappa shape index (κ3) is 3.66. The average molecular weight is 303 g/mol.